The Balaban J connectivity index is 1.20. The van der Waals surface area contributed by atoms with Crippen molar-refractivity contribution in [3.63, 3.8) is 0 Å². The van der Waals surface area contributed by atoms with Crippen LogP contribution < -0.4 is 4.90 Å². The Bertz CT molecular complexity index is 840. The second-order valence-corrected chi connectivity index (χ2v) is 8.09. The van der Waals surface area contributed by atoms with E-state index in [1.165, 1.54) is 24.0 Å². The third-order valence-corrected chi connectivity index (χ3v) is 6.21. The van der Waals surface area contributed by atoms with Crippen molar-refractivity contribution in [3.8, 4) is 0 Å². The van der Waals surface area contributed by atoms with Crippen LogP contribution in [0.25, 0.3) is 0 Å². The van der Waals surface area contributed by atoms with Crippen molar-refractivity contribution in [1.82, 2.24) is 14.9 Å². The molecule has 3 heterocycles. The third-order valence-electron chi connectivity index (χ3n) is 6.21. The quantitative estimate of drug-likeness (QED) is 0.842. The van der Waals surface area contributed by atoms with Gasteiger partial charge < -0.3 is 9.80 Å². The maximum absolute atomic E-state index is 13.0. The lowest BCUT2D eigenvalue weighted by Crippen LogP contribution is -2.44. The Morgan fingerprint density at radius 3 is 2.52 bits per heavy atom. The first-order chi connectivity index (χ1) is 13.3. The average molecular weight is 362 g/mol. The molecule has 3 aliphatic rings. The average Bonchev–Trinajstić information content (AvgIpc) is 3.59. The van der Waals surface area contributed by atoms with Gasteiger partial charge in [-0.05, 0) is 49.3 Å². The molecule has 5 rings (SSSR count). The smallest absolute Gasteiger partial charge is 0.226 e. The molecular weight excluding hydrogens is 336 g/mol. The lowest BCUT2D eigenvalue weighted by Gasteiger charge is -2.36. The number of carbonyl (C=O) groups excluding carboxylic acids is 1. The molecule has 0 spiro atoms. The number of hydrogen-bond donors (Lipinski definition) is 0. The Labute approximate surface area is 160 Å². The first-order valence-electron chi connectivity index (χ1n) is 10.2. The minimum absolute atomic E-state index is 0.149. The van der Waals surface area contributed by atoms with Gasteiger partial charge in [0.25, 0.3) is 0 Å². The van der Waals surface area contributed by atoms with Gasteiger partial charge in [-0.25, -0.2) is 9.97 Å². The highest BCUT2D eigenvalue weighted by atomic mass is 16.2. The van der Waals surface area contributed by atoms with E-state index >= 15 is 0 Å². The molecule has 27 heavy (non-hydrogen) atoms. The molecule has 2 fully saturated rings. The molecule has 0 unspecified atom stereocenters. The maximum atomic E-state index is 13.0. The van der Waals surface area contributed by atoms with E-state index in [4.69, 9.17) is 4.98 Å². The Kier molecular flexibility index (Phi) is 4.30. The minimum Gasteiger partial charge on any atom is -0.356 e. The summed E-state index contributed by atoms with van der Waals surface area (Å²) in [6.45, 7) is 3.43. The molecule has 0 radical (unpaired) electrons. The second-order valence-electron chi connectivity index (χ2n) is 8.09. The third kappa shape index (κ3) is 3.43. The van der Waals surface area contributed by atoms with Crippen LogP contribution in [0.2, 0.25) is 0 Å². The zero-order chi connectivity index (χ0) is 18.2. The van der Waals surface area contributed by atoms with Crippen LogP contribution in [0.5, 0.6) is 0 Å². The molecule has 1 aliphatic carbocycles. The molecule has 1 saturated carbocycles. The fourth-order valence-electron chi connectivity index (χ4n) is 4.38. The SMILES string of the molecule is O=C(C1CCN(c2ccnc(C3CC3)n2)CC1)N1CCc2ccccc2C1. The first kappa shape index (κ1) is 16.7. The van der Waals surface area contributed by atoms with Gasteiger partial charge in [0.2, 0.25) is 5.91 Å². The van der Waals surface area contributed by atoms with Gasteiger partial charge in [-0.15, -0.1) is 0 Å². The topological polar surface area (TPSA) is 49.3 Å². The number of aromatic nitrogens is 2. The molecule has 0 N–H and O–H groups in total. The molecule has 5 heteroatoms. The number of amides is 1. The number of anilines is 1. The van der Waals surface area contributed by atoms with E-state index in [1.54, 1.807) is 0 Å². The van der Waals surface area contributed by atoms with E-state index in [-0.39, 0.29) is 5.92 Å². The lowest BCUT2D eigenvalue weighted by molar-refractivity contribution is -0.137. The normalized spacial score (nSPS) is 20.4. The van der Waals surface area contributed by atoms with Crippen molar-refractivity contribution in [2.45, 2.75) is 44.6 Å². The van der Waals surface area contributed by atoms with Gasteiger partial charge in [0.05, 0.1) is 0 Å². The van der Waals surface area contributed by atoms with E-state index in [9.17, 15) is 4.79 Å². The molecule has 1 aromatic heterocycles. The van der Waals surface area contributed by atoms with E-state index in [1.807, 2.05) is 12.3 Å². The van der Waals surface area contributed by atoms with Crippen LogP contribution in [0.4, 0.5) is 5.82 Å². The van der Waals surface area contributed by atoms with Gasteiger partial charge in [0.1, 0.15) is 11.6 Å². The summed E-state index contributed by atoms with van der Waals surface area (Å²) in [6.07, 6.45) is 7.14. The van der Waals surface area contributed by atoms with Crippen molar-refractivity contribution in [3.05, 3.63) is 53.5 Å². The van der Waals surface area contributed by atoms with Gasteiger partial charge in [-0.1, -0.05) is 24.3 Å². The Morgan fingerprint density at radius 2 is 1.74 bits per heavy atom. The van der Waals surface area contributed by atoms with E-state index in [0.29, 0.717) is 11.8 Å². The molecule has 1 amide bonds. The van der Waals surface area contributed by atoms with Crippen LogP contribution in [-0.4, -0.2) is 40.4 Å². The Hall–Kier alpha value is -2.43. The van der Waals surface area contributed by atoms with Gasteiger partial charge in [-0.2, -0.15) is 0 Å². The predicted octanol–water partition coefficient (Wildman–Crippen LogP) is 3.16. The van der Waals surface area contributed by atoms with E-state index in [2.05, 4.69) is 39.0 Å². The summed E-state index contributed by atoms with van der Waals surface area (Å²) in [5.74, 6) is 3.09. The highest BCUT2D eigenvalue weighted by Gasteiger charge is 2.31. The summed E-state index contributed by atoms with van der Waals surface area (Å²) in [5.41, 5.74) is 2.70. The van der Waals surface area contributed by atoms with Crippen LogP contribution in [0.1, 0.15) is 48.6 Å². The summed E-state index contributed by atoms with van der Waals surface area (Å²) in [7, 11) is 0. The Morgan fingerprint density at radius 1 is 0.963 bits per heavy atom. The summed E-state index contributed by atoms with van der Waals surface area (Å²) < 4.78 is 0. The molecular formula is C22H26N4O. The standard InChI is InChI=1S/C22H26N4O/c27-22(26-14-8-16-3-1-2-4-19(16)15-26)18-9-12-25(13-10-18)20-7-11-23-21(24-20)17-5-6-17/h1-4,7,11,17-18H,5-6,8-10,12-15H2. The number of nitrogens with zero attached hydrogens (tertiary/aromatic N) is 4. The zero-order valence-corrected chi connectivity index (χ0v) is 15.7. The van der Waals surface area contributed by atoms with Crippen molar-refractivity contribution >= 4 is 11.7 Å². The molecule has 2 aliphatic heterocycles. The number of fused-ring (bicyclic) bond motifs is 1. The zero-order valence-electron chi connectivity index (χ0n) is 15.7. The largest absolute Gasteiger partial charge is 0.356 e. The summed E-state index contributed by atoms with van der Waals surface area (Å²) in [6, 6.07) is 10.5. The highest BCUT2D eigenvalue weighted by molar-refractivity contribution is 5.79. The predicted molar refractivity (Wildman–Crippen MR) is 105 cm³/mol. The fraction of sp³-hybridized carbons (Fsp3) is 0.500. The molecule has 5 nitrogen and oxygen atoms in total. The van der Waals surface area contributed by atoms with Crippen LogP contribution >= 0.6 is 0 Å². The number of carbonyl (C=O) groups is 1. The van der Waals surface area contributed by atoms with E-state index < -0.39 is 0 Å². The molecule has 1 saturated heterocycles. The van der Waals surface area contributed by atoms with Crippen molar-refractivity contribution < 1.29 is 4.79 Å². The number of piperidine rings is 1. The van der Waals surface area contributed by atoms with Gasteiger partial charge in [-0.3, -0.25) is 4.79 Å². The monoisotopic (exact) mass is 362 g/mol. The molecule has 0 bridgehead atoms. The highest BCUT2D eigenvalue weighted by Crippen LogP contribution is 2.38. The van der Waals surface area contributed by atoms with Gasteiger partial charge >= 0.3 is 0 Å². The fourth-order valence-corrected chi connectivity index (χ4v) is 4.38. The van der Waals surface area contributed by atoms with E-state index in [0.717, 1.165) is 57.1 Å². The van der Waals surface area contributed by atoms with Crippen LogP contribution in [0.3, 0.4) is 0 Å². The summed E-state index contributed by atoms with van der Waals surface area (Å²) >= 11 is 0. The molecule has 2 aromatic rings. The number of hydrogen-bond acceptors (Lipinski definition) is 4. The molecule has 0 atom stereocenters. The van der Waals surface area contributed by atoms with Gasteiger partial charge in [0, 0.05) is 44.2 Å². The van der Waals surface area contributed by atoms with Crippen LogP contribution in [0, 0.1) is 5.92 Å². The van der Waals surface area contributed by atoms with Crippen molar-refractivity contribution in [2.75, 3.05) is 24.5 Å². The molecule has 1 aromatic carbocycles. The lowest BCUT2D eigenvalue weighted by atomic mass is 9.93. The maximum Gasteiger partial charge on any atom is 0.226 e. The summed E-state index contributed by atoms with van der Waals surface area (Å²) in [4.78, 5) is 26.6. The first-order valence-corrected chi connectivity index (χ1v) is 10.2. The second kappa shape index (κ2) is 6.95. The van der Waals surface area contributed by atoms with Gasteiger partial charge in [0.15, 0.2) is 0 Å². The minimum atomic E-state index is 0.149. The number of benzene rings is 1. The van der Waals surface area contributed by atoms with Crippen LogP contribution in [0.15, 0.2) is 36.5 Å². The molecule has 140 valence electrons. The number of rotatable bonds is 3. The van der Waals surface area contributed by atoms with Crippen LogP contribution in [-0.2, 0) is 17.8 Å². The van der Waals surface area contributed by atoms with Crippen molar-refractivity contribution in [1.29, 1.82) is 0 Å². The van der Waals surface area contributed by atoms with Crippen molar-refractivity contribution in [2.24, 2.45) is 5.92 Å². The summed E-state index contributed by atoms with van der Waals surface area (Å²) in [5, 5.41) is 0.